The van der Waals surface area contributed by atoms with Gasteiger partial charge >= 0.3 is 5.97 Å². The lowest BCUT2D eigenvalue weighted by Crippen LogP contribution is -2.45. The number of carboxylic acid groups (broad SMARTS) is 1. The van der Waals surface area contributed by atoms with Crippen LogP contribution in [0.5, 0.6) is 0 Å². The molecule has 20 heavy (non-hydrogen) atoms. The molecule has 1 aliphatic rings. The van der Waals surface area contributed by atoms with Crippen LogP contribution < -0.4 is 4.72 Å². The summed E-state index contributed by atoms with van der Waals surface area (Å²) in [5.74, 6) is -0.696. The predicted molar refractivity (Wildman–Crippen MR) is 77.5 cm³/mol. The van der Waals surface area contributed by atoms with Crippen molar-refractivity contribution in [2.24, 2.45) is 11.8 Å². The number of hydrogen-bond acceptors (Lipinski definition) is 3. The minimum Gasteiger partial charge on any atom is -0.481 e. The van der Waals surface area contributed by atoms with E-state index in [0.29, 0.717) is 25.4 Å². The zero-order valence-corrected chi connectivity index (χ0v) is 13.2. The number of hydrogen-bond donors (Lipinski definition) is 2. The van der Waals surface area contributed by atoms with Crippen LogP contribution in [0.3, 0.4) is 0 Å². The maximum absolute atomic E-state index is 12.1. The first kappa shape index (κ1) is 17.4. The van der Waals surface area contributed by atoms with E-state index in [4.69, 9.17) is 5.11 Å². The SMILES string of the molecule is CC(C)C[C@H](CNS(=O)(=O)N1CCCCC1)CC(=O)O. The number of nitrogens with one attached hydrogen (secondary N) is 1. The van der Waals surface area contributed by atoms with Crippen molar-refractivity contribution in [2.45, 2.75) is 46.0 Å². The van der Waals surface area contributed by atoms with Gasteiger partial charge in [-0.1, -0.05) is 20.3 Å². The molecule has 0 aromatic carbocycles. The van der Waals surface area contributed by atoms with Gasteiger partial charge in [-0.2, -0.15) is 12.7 Å². The first-order valence-corrected chi connectivity index (χ1v) is 8.72. The van der Waals surface area contributed by atoms with Gasteiger partial charge in [0, 0.05) is 26.1 Å². The lowest BCUT2D eigenvalue weighted by atomic mass is 9.94. The van der Waals surface area contributed by atoms with E-state index in [-0.39, 0.29) is 18.9 Å². The Bertz CT molecular complexity index is 403. The quantitative estimate of drug-likeness (QED) is 0.710. The van der Waals surface area contributed by atoms with Gasteiger partial charge in [0.1, 0.15) is 0 Å². The van der Waals surface area contributed by atoms with Crippen molar-refractivity contribution in [3.63, 3.8) is 0 Å². The molecule has 2 N–H and O–H groups in total. The van der Waals surface area contributed by atoms with E-state index in [9.17, 15) is 13.2 Å². The van der Waals surface area contributed by atoms with Crippen LogP contribution in [0.15, 0.2) is 0 Å². The van der Waals surface area contributed by atoms with Crippen LogP contribution in [0.1, 0.15) is 46.0 Å². The van der Waals surface area contributed by atoms with Crippen molar-refractivity contribution in [2.75, 3.05) is 19.6 Å². The van der Waals surface area contributed by atoms with Crippen molar-refractivity contribution in [1.82, 2.24) is 9.03 Å². The third-order valence-corrected chi connectivity index (χ3v) is 5.05. The van der Waals surface area contributed by atoms with Gasteiger partial charge in [0.25, 0.3) is 10.2 Å². The molecule has 0 radical (unpaired) electrons. The average molecular weight is 306 g/mol. The molecule has 7 heteroatoms. The van der Waals surface area contributed by atoms with E-state index in [1.807, 2.05) is 13.8 Å². The number of piperidine rings is 1. The molecule has 0 unspecified atom stereocenters. The van der Waals surface area contributed by atoms with Gasteiger partial charge in [0.05, 0.1) is 0 Å². The minimum absolute atomic E-state index is 0.000694. The highest BCUT2D eigenvalue weighted by atomic mass is 32.2. The Hall–Kier alpha value is -0.660. The second-order valence-electron chi connectivity index (χ2n) is 5.91. The molecule has 0 aliphatic carbocycles. The lowest BCUT2D eigenvalue weighted by molar-refractivity contribution is -0.138. The van der Waals surface area contributed by atoms with Gasteiger partial charge in [0.2, 0.25) is 0 Å². The van der Waals surface area contributed by atoms with Crippen LogP contribution in [0.2, 0.25) is 0 Å². The monoisotopic (exact) mass is 306 g/mol. The number of carboxylic acids is 1. The van der Waals surface area contributed by atoms with Crippen LogP contribution in [0.4, 0.5) is 0 Å². The molecule has 1 rings (SSSR count). The first-order valence-electron chi connectivity index (χ1n) is 7.28. The number of aliphatic carboxylic acids is 1. The average Bonchev–Trinajstić information content (AvgIpc) is 2.36. The zero-order chi connectivity index (χ0) is 15.2. The Balaban J connectivity index is 2.53. The standard InChI is InChI=1S/C13H26N2O4S/c1-11(2)8-12(9-13(16)17)10-14-20(18,19)15-6-4-3-5-7-15/h11-12,14H,3-10H2,1-2H3,(H,16,17)/t12-/m0/s1. The van der Waals surface area contributed by atoms with Crippen LogP contribution in [0.25, 0.3) is 0 Å². The topological polar surface area (TPSA) is 86.7 Å². The molecule has 1 fully saturated rings. The highest BCUT2D eigenvalue weighted by molar-refractivity contribution is 7.87. The summed E-state index contributed by atoms with van der Waals surface area (Å²) in [6, 6.07) is 0. The highest BCUT2D eigenvalue weighted by Gasteiger charge is 2.25. The molecule has 0 aromatic heterocycles. The van der Waals surface area contributed by atoms with E-state index in [0.717, 1.165) is 19.3 Å². The summed E-state index contributed by atoms with van der Waals surface area (Å²) in [5, 5.41) is 8.89. The van der Waals surface area contributed by atoms with E-state index < -0.39 is 16.2 Å². The second-order valence-corrected chi connectivity index (χ2v) is 7.66. The Morgan fingerprint density at radius 3 is 2.35 bits per heavy atom. The van der Waals surface area contributed by atoms with E-state index in [1.165, 1.54) is 4.31 Å². The third-order valence-electron chi connectivity index (χ3n) is 3.48. The van der Waals surface area contributed by atoms with Gasteiger partial charge in [-0.25, -0.2) is 4.72 Å². The summed E-state index contributed by atoms with van der Waals surface area (Å²) in [6.07, 6.45) is 3.56. The van der Waals surface area contributed by atoms with Crippen LogP contribution in [-0.4, -0.2) is 43.4 Å². The smallest absolute Gasteiger partial charge is 0.303 e. The summed E-state index contributed by atoms with van der Waals surface area (Å²) < 4.78 is 28.3. The lowest BCUT2D eigenvalue weighted by Gasteiger charge is -2.27. The molecule has 6 nitrogen and oxygen atoms in total. The molecule has 118 valence electrons. The number of nitrogens with zero attached hydrogens (tertiary/aromatic N) is 1. The third kappa shape index (κ3) is 6.19. The van der Waals surface area contributed by atoms with Gasteiger partial charge in [-0.05, 0) is 31.1 Å². The van der Waals surface area contributed by atoms with Crippen LogP contribution in [-0.2, 0) is 15.0 Å². The molecule has 1 atom stereocenters. The van der Waals surface area contributed by atoms with E-state index >= 15 is 0 Å². The largest absolute Gasteiger partial charge is 0.481 e. The molecule has 0 spiro atoms. The van der Waals surface area contributed by atoms with Crippen molar-refractivity contribution in [3.05, 3.63) is 0 Å². The Morgan fingerprint density at radius 2 is 1.85 bits per heavy atom. The maximum Gasteiger partial charge on any atom is 0.303 e. The minimum atomic E-state index is -3.46. The fourth-order valence-corrected chi connectivity index (χ4v) is 3.94. The number of carbonyl (C=O) groups is 1. The summed E-state index contributed by atoms with van der Waals surface area (Å²) in [4.78, 5) is 10.8. The summed E-state index contributed by atoms with van der Waals surface area (Å²) >= 11 is 0. The molecule has 1 heterocycles. The van der Waals surface area contributed by atoms with Gasteiger partial charge in [0.15, 0.2) is 0 Å². The van der Waals surface area contributed by atoms with Gasteiger partial charge in [-0.3, -0.25) is 4.79 Å². The highest BCUT2D eigenvalue weighted by Crippen LogP contribution is 2.16. The second kappa shape index (κ2) is 7.95. The summed E-state index contributed by atoms with van der Waals surface area (Å²) in [6.45, 7) is 5.33. The van der Waals surface area contributed by atoms with Crippen LogP contribution in [0, 0.1) is 11.8 Å². The first-order chi connectivity index (χ1) is 9.31. The molecule has 1 aliphatic heterocycles. The fourth-order valence-electron chi connectivity index (χ4n) is 2.57. The Morgan fingerprint density at radius 1 is 1.25 bits per heavy atom. The van der Waals surface area contributed by atoms with Crippen molar-refractivity contribution < 1.29 is 18.3 Å². The van der Waals surface area contributed by atoms with Crippen LogP contribution >= 0.6 is 0 Å². The van der Waals surface area contributed by atoms with Crippen molar-refractivity contribution in [3.8, 4) is 0 Å². The zero-order valence-electron chi connectivity index (χ0n) is 12.3. The Labute approximate surface area is 121 Å². The molecular weight excluding hydrogens is 280 g/mol. The van der Waals surface area contributed by atoms with Gasteiger partial charge < -0.3 is 5.11 Å². The molecular formula is C13H26N2O4S. The maximum atomic E-state index is 12.1. The van der Waals surface area contributed by atoms with E-state index in [2.05, 4.69) is 4.72 Å². The normalized spacial score (nSPS) is 19.1. The number of rotatable bonds is 8. The fraction of sp³-hybridized carbons (Fsp3) is 0.923. The molecule has 0 aromatic rings. The molecule has 1 saturated heterocycles. The Kier molecular flexibility index (Phi) is 6.91. The summed E-state index contributed by atoms with van der Waals surface area (Å²) in [5.41, 5.74) is 0. The van der Waals surface area contributed by atoms with Crippen molar-refractivity contribution in [1.29, 1.82) is 0 Å². The summed E-state index contributed by atoms with van der Waals surface area (Å²) in [7, 11) is -3.46. The molecule has 0 amide bonds. The van der Waals surface area contributed by atoms with Crippen molar-refractivity contribution >= 4 is 16.2 Å². The molecule has 0 bridgehead atoms. The van der Waals surface area contributed by atoms with Gasteiger partial charge in [-0.15, -0.1) is 0 Å². The molecule has 0 saturated carbocycles. The predicted octanol–water partition coefficient (Wildman–Crippen LogP) is 1.44. The van der Waals surface area contributed by atoms with E-state index in [1.54, 1.807) is 0 Å².